The molecule has 2 aliphatic heterocycles. The molecule has 1 aromatic heterocycles. The van der Waals surface area contributed by atoms with Gasteiger partial charge in [0.2, 0.25) is 23.1 Å². The summed E-state index contributed by atoms with van der Waals surface area (Å²) < 4.78 is 220. The zero-order valence-electron chi connectivity index (χ0n) is 41.2. The van der Waals surface area contributed by atoms with Gasteiger partial charge >= 0.3 is 54.8 Å². The van der Waals surface area contributed by atoms with Gasteiger partial charge < -0.3 is 47.6 Å². The summed E-state index contributed by atoms with van der Waals surface area (Å²) in [5.41, 5.74) is -21.2. The first-order valence-electron chi connectivity index (χ1n) is 23.8. The van der Waals surface area contributed by atoms with E-state index in [1.165, 1.54) is 18.2 Å². The van der Waals surface area contributed by atoms with E-state index < -0.39 is 158 Å². The number of aliphatic carboxylic acids is 1. The van der Waals surface area contributed by atoms with Crippen LogP contribution in [0.2, 0.25) is 0 Å². The molecule has 1 aliphatic carbocycles. The minimum Gasteiger partial charge on any atom is -0.481 e. The Morgan fingerprint density at radius 1 is 0.728 bits per heavy atom. The van der Waals surface area contributed by atoms with E-state index >= 15 is 17.6 Å². The van der Waals surface area contributed by atoms with Crippen LogP contribution in [0.4, 0.5) is 49.6 Å². The molecular weight excluding hydrogens is 1160 g/mol. The Hall–Kier alpha value is -8.16. The first-order chi connectivity index (χ1) is 37.9. The lowest BCUT2D eigenvalue weighted by molar-refractivity contribution is -0.143. The highest BCUT2D eigenvalue weighted by Gasteiger charge is 2.58. The summed E-state index contributed by atoms with van der Waals surface area (Å²) in [5.74, 6) is -23.1. The maximum atomic E-state index is 16.3. The third-order valence-electron chi connectivity index (χ3n) is 13.0. The van der Waals surface area contributed by atoms with Crippen LogP contribution in [-0.2, 0) is 44.9 Å². The molecule has 434 valence electrons. The van der Waals surface area contributed by atoms with Crippen molar-refractivity contribution >= 4 is 66.6 Å². The Labute approximate surface area is 449 Å². The van der Waals surface area contributed by atoms with Gasteiger partial charge in [0.1, 0.15) is 11.1 Å². The summed E-state index contributed by atoms with van der Waals surface area (Å²) in [5, 5.41) is 15.0. The van der Waals surface area contributed by atoms with E-state index in [9.17, 15) is 77.1 Å². The number of fused-ring (bicyclic) bond motifs is 7. The second kappa shape index (κ2) is 22.1. The van der Waals surface area contributed by atoms with Crippen LogP contribution in [-0.4, -0.2) is 94.5 Å². The normalized spacial score (nSPS) is 16.6. The largest absolute Gasteiger partial charge is 0.534 e. The molecule has 4 aromatic carbocycles. The molecule has 20 nitrogen and oxygen atoms in total. The summed E-state index contributed by atoms with van der Waals surface area (Å²) in [6.07, 6.45) is 1.78. The number of carboxylic acids is 1. The maximum absolute atomic E-state index is 16.3. The fourth-order valence-electron chi connectivity index (χ4n) is 9.01. The summed E-state index contributed by atoms with van der Waals surface area (Å²) >= 11 is 0. The third kappa shape index (κ3) is 11.6. The Kier molecular flexibility index (Phi) is 16.1. The minimum atomic E-state index is -6.93. The molecular formula is C49H39F10N3O17S2. The molecule has 1 spiro atoms. The van der Waals surface area contributed by atoms with E-state index in [1.807, 2.05) is 6.92 Å². The molecule has 3 aliphatic rings. The molecule has 0 atom stereocenters. The second-order valence-electron chi connectivity index (χ2n) is 18.3. The van der Waals surface area contributed by atoms with Crippen molar-refractivity contribution in [3.05, 3.63) is 122 Å². The Bertz CT molecular complexity index is 3610. The monoisotopic (exact) mass is 1200 g/mol. The molecule has 8 rings (SSSR count). The second-order valence-corrected chi connectivity index (χ2v) is 21.4. The zero-order chi connectivity index (χ0) is 59.3. The Morgan fingerprint density at radius 2 is 1.27 bits per heavy atom. The highest BCUT2D eigenvalue weighted by molar-refractivity contribution is 7.88. The number of esters is 2. The first kappa shape index (κ1) is 59.0. The lowest BCUT2D eigenvalue weighted by Gasteiger charge is -2.37. The van der Waals surface area contributed by atoms with Gasteiger partial charge in [0.25, 0.3) is 11.8 Å². The lowest BCUT2D eigenvalue weighted by Crippen LogP contribution is -2.44. The molecule has 0 unspecified atom stereocenters. The fourth-order valence-corrected chi connectivity index (χ4v) is 9.94. The quantitative estimate of drug-likeness (QED) is 0.0188. The number of hydrogen-bond donors (Lipinski definition) is 3. The van der Waals surface area contributed by atoms with Gasteiger partial charge in [0.15, 0.2) is 28.7 Å². The molecule has 3 N–H and O–H groups in total. The van der Waals surface area contributed by atoms with Crippen LogP contribution >= 0.6 is 0 Å². The number of hydrogen-bond acceptors (Lipinski definition) is 17. The Morgan fingerprint density at radius 3 is 1.80 bits per heavy atom. The van der Waals surface area contributed by atoms with Crippen LogP contribution in [0, 0.1) is 23.3 Å². The van der Waals surface area contributed by atoms with E-state index in [-0.39, 0.29) is 81.5 Å². The van der Waals surface area contributed by atoms with E-state index in [0.717, 1.165) is 24.6 Å². The highest BCUT2D eigenvalue weighted by Crippen LogP contribution is 2.60. The van der Waals surface area contributed by atoms with Crippen molar-refractivity contribution in [3.63, 3.8) is 0 Å². The molecule has 2 amide bonds. The van der Waals surface area contributed by atoms with Crippen molar-refractivity contribution in [3.8, 4) is 23.0 Å². The van der Waals surface area contributed by atoms with Crippen molar-refractivity contribution in [2.75, 3.05) is 24.6 Å². The molecule has 1 fully saturated rings. The third-order valence-corrected chi connectivity index (χ3v) is 14.9. The molecule has 0 saturated heterocycles. The number of carbonyl (C=O) groups excluding carboxylic acids is 4. The van der Waals surface area contributed by atoms with Crippen molar-refractivity contribution in [1.29, 1.82) is 0 Å². The smallest absolute Gasteiger partial charge is 0.481 e. The number of rotatable bonds is 18. The molecule has 1 saturated carbocycles. The van der Waals surface area contributed by atoms with Gasteiger partial charge in [0, 0.05) is 53.4 Å². The van der Waals surface area contributed by atoms with Gasteiger partial charge in [0.05, 0.1) is 36.1 Å². The van der Waals surface area contributed by atoms with Crippen LogP contribution in [0.25, 0.3) is 11.0 Å². The average Bonchev–Trinajstić information content (AvgIpc) is 1.86. The zero-order valence-corrected chi connectivity index (χ0v) is 42.8. The van der Waals surface area contributed by atoms with E-state index in [4.69, 9.17) is 18.6 Å². The number of carbonyl (C=O) groups is 5. The molecule has 5 aromatic rings. The van der Waals surface area contributed by atoms with Crippen molar-refractivity contribution in [2.45, 2.75) is 87.0 Å². The Balaban J connectivity index is 1.02. The number of nitrogens with zero attached hydrogens (tertiary/aromatic N) is 1. The van der Waals surface area contributed by atoms with E-state index in [2.05, 4.69) is 19.0 Å². The fraction of sp³-hybridized carbons (Fsp3) is 0.347. The van der Waals surface area contributed by atoms with Gasteiger partial charge in [-0.3, -0.25) is 19.2 Å². The number of ether oxygens (including phenoxy) is 3. The van der Waals surface area contributed by atoms with Gasteiger partial charge in [-0.15, -0.1) is 0 Å². The number of anilines is 1. The summed E-state index contributed by atoms with van der Waals surface area (Å²) in [6, 6.07) is 7.12. The number of benzene rings is 4. The predicted molar refractivity (Wildman–Crippen MR) is 254 cm³/mol. The first-order valence-corrected chi connectivity index (χ1v) is 26.6. The number of unbranched alkanes of at least 4 members (excludes halogenated alkanes) is 1. The van der Waals surface area contributed by atoms with Crippen LogP contribution < -0.4 is 34.3 Å². The van der Waals surface area contributed by atoms with Crippen LogP contribution in [0.5, 0.6) is 23.0 Å². The number of alkyl halides is 6. The van der Waals surface area contributed by atoms with E-state index in [1.54, 1.807) is 11.0 Å². The molecule has 81 heavy (non-hydrogen) atoms. The molecule has 3 heterocycles. The maximum Gasteiger partial charge on any atom is 0.534 e. The van der Waals surface area contributed by atoms with Crippen molar-refractivity contribution < 1.29 is 117 Å². The van der Waals surface area contributed by atoms with Crippen LogP contribution in [0.3, 0.4) is 0 Å². The SMILES string of the molecule is CCCCOC(=O)CCN(CCC(=O)O)c1ccc2cc(C(=O)NC3CCC(NC(=O)c4ccc5c(c4)C4(OC5=O)c5cc(F)c(OS(=O)(=O)C(F)(F)F)c(F)c5Oc5c4cc(F)c(OS(=O)(=O)C(F)(F)F)c5F)CC3)c(=O)oc2c1. The molecule has 0 radical (unpaired) electrons. The van der Waals surface area contributed by atoms with Gasteiger partial charge in [-0.25, -0.2) is 18.4 Å². The predicted octanol–water partition coefficient (Wildman–Crippen LogP) is 7.86. The van der Waals surface area contributed by atoms with Crippen LogP contribution in [0.1, 0.15) is 106 Å². The summed E-state index contributed by atoms with van der Waals surface area (Å²) in [4.78, 5) is 79.4. The highest BCUT2D eigenvalue weighted by atomic mass is 32.2. The number of amides is 2. The topological polar surface area (TPSA) is 278 Å². The summed E-state index contributed by atoms with van der Waals surface area (Å²) in [6.45, 7) is 2.22. The van der Waals surface area contributed by atoms with Crippen molar-refractivity contribution in [2.24, 2.45) is 0 Å². The van der Waals surface area contributed by atoms with Crippen LogP contribution in [0.15, 0.2) is 63.8 Å². The minimum absolute atomic E-state index is 0.00725. The van der Waals surface area contributed by atoms with Gasteiger partial charge in [-0.2, -0.15) is 52.0 Å². The molecule has 32 heteroatoms. The number of halogens is 10. The average molecular weight is 1200 g/mol. The standard InChI is InChI=1S/C49H39F10N3O17S2/c1-2-3-16-74-36(65)13-15-62(14-12-35(63)64)26-10-4-22-17-28(45(68)75-34(22)19-26)44(67)61-25-8-6-24(7-9-25)60-43(66)23-5-11-27-29(18-23)47(77-46(27)69)30-20-32(50)41(78-80(70,71)48(54,55)56)37(52)39(30)76-40-31(47)21-33(51)42(38(40)53)79-81(72,73)49(57,58)59/h4-5,10-11,17-21,24-25H,2-3,6-9,12-16H2,1H3,(H,60,66)(H,61,67)(H,63,64). The number of nitrogens with one attached hydrogen (secondary N) is 2. The lowest BCUT2D eigenvalue weighted by atomic mass is 9.76. The number of carboxylic acid groups (broad SMARTS) is 1. The van der Waals surface area contributed by atoms with Gasteiger partial charge in [-0.1, -0.05) is 13.3 Å². The van der Waals surface area contributed by atoms with E-state index in [0.29, 0.717) is 17.5 Å². The summed E-state index contributed by atoms with van der Waals surface area (Å²) in [7, 11) is -13.9. The molecule has 0 bridgehead atoms. The van der Waals surface area contributed by atoms with Crippen molar-refractivity contribution in [1.82, 2.24) is 10.6 Å². The van der Waals surface area contributed by atoms with Gasteiger partial charge in [-0.05, 0) is 80.6 Å².